The van der Waals surface area contributed by atoms with Gasteiger partial charge in [0.05, 0.1) is 16.9 Å². The molecule has 154 valence electrons. The molecule has 0 fully saturated rings. The Hall–Kier alpha value is -3.18. The molecular weight excluding hydrogens is 372 g/mol. The van der Waals surface area contributed by atoms with E-state index in [0.29, 0.717) is 6.54 Å². The fourth-order valence-corrected chi connectivity index (χ4v) is 3.69. The van der Waals surface area contributed by atoms with Crippen LogP contribution in [0.1, 0.15) is 43.2 Å². The number of hydrogen-bond acceptors (Lipinski definition) is 2. The van der Waals surface area contributed by atoms with E-state index in [0.717, 1.165) is 34.5 Å². The molecular formula is C25H29N4O+. The summed E-state index contributed by atoms with van der Waals surface area (Å²) in [5.74, 6) is 0. The van der Waals surface area contributed by atoms with Crippen molar-refractivity contribution in [1.82, 2.24) is 14.8 Å². The van der Waals surface area contributed by atoms with Crippen LogP contribution >= 0.6 is 0 Å². The lowest BCUT2D eigenvalue weighted by Crippen LogP contribution is -2.81. The molecule has 2 aromatic heterocycles. The van der Waals surface area contributed by atoms with E-state index in [1.807, 2.05) is 41.1 Å². The monoisotopic (exact) mass is 401 g/mol. The largest absolute Gasteiger partial charge is 0.339 e. The molecule has 5 nitrogen and oxygen atoms in total. The predicted molar refractivity (Wildman–Crippen MR) is 121 cm³/mol. The summed E-state index contributed by atoms with van der Waals surface area (Å²) in [5, 5.41) is 8.06. The highest BCUT2D eigenvalue weighted by Crippen LogP contribution is 2.29. The molecule has 0 saturated carbocycles. The lowest BCUT2D eigenvalue weighted by atomic mass is 9.90. The third-order valence-corrected chi connectivity index (χ3v) is 5.34. The molecule has 2 aromatic carbocycles. The van der Waals surface area contributed by atoms with E-state index in [2.05, 4.69) is 62.3 Å². The Labute approximate surface area is 176 Å². The summed E-state index contributed by atoms with van der Waals surface area (Å²) in [6, 6.07) is 20.5. The minimum Gasteiger partial charge on any atom is -0.339 e. The van der Waals surface area contributed by atoms with Gasteiger partial charge in [-0.3, -0.25) is 4.79 Å². The normalized spacial score (nSPS) is 11.9. The highest BCUT2D eigenvalue weighted by Gasteiger charge is 2.24. The summed E-state index contributed by atoms with van der Waals surface area (Å²) in [7, 11) is 0. The summed E-state index contributed by atoms with van der Waals surface area (Å²) in [6.07, 6.45) is 0. The van der Waals surface area contributed by atoms with E-state index in [1.165, 1.54) is 11.1 Å². The van der Waals surface area contributed by atoms with Gasteiger partial charge in [-0.2, -0.15) is 5.10 Å². The third-order valence-electron chi connectivity index (χ3n) is 5.34. The third kappa shape index (κ3) is 4.07. The molecule has 0 saturated heterocycles. The molecule has 0 amide bonds. The number of aromatic amines is 1. The molecule has 5 heteroatoms. The first kappa shape index (κ1) is 20.1. The fraction of sp³-hybridized carbons (Fsp3) is 0.280. The van der Waals surface area contributed by atoms with Gasteiger partial charge in [0.1, 0.15) is 18.7 Å². The number of nitrogens with zero attached hydrogens (tertiary/aromatic N) is 2. The Morgan fingerprint density at radius 2 is 1.70 bits per heavy atom. The number of pyridine rings is 1. The van der Waals surface area contributed by atoms with Gasteiger partial charge < -0.3 is 10.3 Å². The number of quaternary nitrogens is 1. The Morgan fingerprint density at radius 1 is 1.00 bits per heavy atom. The highest BCUT2D eigenvalue weighted by atomic mass is 16.1. The molecule has 30 heavy (non-hydrogen) atoms. The van der Waals surface area contributed by atoms with Gasteiger partial charge in [-0.05, 0) is 25.1 Å². The second kappa shape index (κ2) is 7.92. The smallest absolute Gasteiger partial charge is 0.258 e. The van der Waals surface area contributed by atoms with Gasteiger partial charge in [0.25, 0.3) is 5.56 Å². The lowest BCUT2D eigenvalue weighted by molar-refractivity contribution is -0.686. The fourth-order valence-electron chi connectivity index (χ4n) is 3.69. The summed E-state index contributed by atoms with van der Waals surface area (Å²) >= 11 is 0. The first-order valence-electron chi connectivity index (χ1n) is 10.4. The van der Waals surface area contributed by atoms with Crippen molar-refractivity contribution in [3.8, 4) is 5.69 Å². The van der Waals surface area contributed by atoms with Crippen LogP contribution in [-0.4, -0.2) is 14.8 Å². The standard InChI is InChI=1S/C25H28N4O/c1-17-10-12-18(13-11-17)15-26-16-19-14-21-22(25(2,3)4)28-29(23(21)27-24(19)30)20-8-6-5-7-9-20/h5-14,26H,15-16H2,1-4H3,(H,27,30)/p+1. The van der Waals surface area contributed by atoms with Gasteiger partial charge >= 0.3 is 0 Å². The Morgan fingerprint density at radius 3 is 2.37 bits per heavy atom. The average molecular weight is 402 g/mol. The molecule has 0 aliphatic heterocycles. The molecule has 4 aromatic rings. The first-order chi connectivity index (χ1) is 14.3. The Bertz CT molecular complexity index is 1210. The molecule has 3 N–H and O–H groups in total. The molecule has 2 heterocycles. The number of nitrogens with one attached hydrogen (secondary N) is 1. The van der Waals surface area contributed by atoms with E-state index in [1.54, 1.807) is 0 Å². The molecule has 0 unspecified atom stereocenters. The van der Waals surface area contributed by atoms with Crippen molar-refractivity contribution in [2.75, 3.05) is 0 Å². The minimum atomic E-state index is -0.139. The average Bonchev–Trinajstić information content (AvgIpc) is 3.09. The van der Waals surface area contributed by atoms with Crippen LogP contribution in [0.25, 0.3) is 16.7 Å². The zero-order valence-electron chi connectivity index (χ0n) is 18.1. The van der Waals surface area contributed by atoms with Gasteiger partial charge in [0.15, 0.2) is 0 Å². The number of aromatic nitrogens is 3. The van der Waals surface area contributed by atoms with Crippen LogP contribution in [-0.2, 0) is 18.5 Å². The zero-order valence-corrected chi connectivity index (χ0v) is 18.1. The van der Waals surface area contributed by atoms with Crippen LogP contribution in [0.15, 0.2) is 65.5 Å². The molecule has 4 rings (SSSR count). The number of fused-ring (bicyclic) bond motifs is 1. The Kier molecular flexibility index (Phi) is 5.31. The van der Waals surface area contributed by atoms with Crippen molar-refractivity contribution in [3.05, 3.63) is 93.4 Å². The molecule has 0 spiro atoms. The van der Waals surface area contributed by atoms with Crippen molar-refractivity contribution >= 4 is 11.0 Å². The van der Waals surface area contributed by atoms with Crippen LogP contribution in [0.3, 0.4) is 0 Å². The molecule has 0 aliphatic rings. The lowest BCUT2D eigenvalue weighted by Gasteiger charge is -2.15. The van der Waals surface area contributed by atoms with E-state index in [-0.39, 0.29) is 11.0 Å². The maximum absolute atomic E-state index is 12.8. The van der Waals surface area contributed by atoms with Crippen molar-refractivity contribution in [2.24, 2.45) is 0 Å². The molecule has 0 atom stereocenters. The van der Waals surface area contributed by atoms with Gasteiger partial charge in [-0.25, -0.2) is 4.68 Å². The second-order valence-electron chi connectivity index (χ2n) is 8.91. The Balaban J connectivity index is 1.69. The van der Waals surface area contributed by atoms with Crippen LogP contribution in [0, 0.1) is 6.92 Å². The van der Waals surface area contributed by atoms with Gasteiger partial charge in [-0.1, -0.05) is 68.8 Å². The van der Waals surface area contributed by atoms with E-state index in [9.17, 15) is 4.79 Å². The number of benzene rings is 2. The maximum Gasteiger partial charge on any atom is 0.258 e. The summed E-state index contributed by atoms with van der Waals surface area (Å²) in [4.78, 5) is 15.9. The first-order valence-corrected chi connectivity index (χ1v) is 10.4. The number of para-hydroxylation sites is 1. The quantitative estimate of drug-likeness (QED) is 0.537. The van der Waals surface area contributed by atoms with Crippen LogP contribution in [0.4, 0.5) is 0 Å². The second-order valence-corrected chi connectivity index (χ2v) is 8.91. The summed E-state index contributed by atoms with van der Waals surface area (Å²) in [5.41, 5.74) is 5.76. The predicted octanol–water partition coefficient (Wildman–Crippen LogP) is 3.58. The number of rotatable bonds is 5. The van der Waals surface area contributed by atoms with Gasteiger partial charge in [-0.15, -0.1) is 0 Å². The summed E-state index contributed by atoms with van der Waals surface area (Å²) in [6.45, 7) is 10.0. The highest BCUT2D eigenvalue weighted by molar-refractivity contribution is 5.81. The van der Waals surface area contributed by atoms with Crippen LogP contribution < -0.4 is 10.9 Å². The van der Waals surface area contributed by atoms with Crippen molar-refractivity contribution in [2.45, 2.75) is 46.2 Å². The van der Waals surface area contributed by atoms with E-state index in [4.69, 9.17) is 5.10 Å². The number of hydrogen-bond donors (Lipinski definition) is 2. The van der Waals surface area contributed by atoms with Gasteiger partial charge in [0.2, 0.25) is 0 Å². The van der Waals surface area contributed by atoms with Gasteiger partial charge in [0, 0.05) is 16.4 Å². The zero-order chi connectivity index (χ0) is 21.3. The number of H-pyrrole nitrogens is 1. The van der Waals surface area contributed by atoms with Crippen molar-refractivity contribution < 1.29 is 5.32 Å². The topological polar surface area (TPSA) is 67.3 Å². The maximum atomic E-state index is 12.8. The minimum absolute atomic E-state index is 0.0554. The van der Waals surface area contributed by atoms with Crippen LogP contribution in [0.2, 0.25) is 0 Å². The van der Waals surface area contributed by atoms with Crippen molar-refractivity contribution in [1.29, 1.82) is 0 Å². The number of nitrogens with two attached hydrogens (primary N) is 1. The van der Waals surface area contributed by atoms with E-state index >= 15 is 0 Å². The molecule has 0 aliphatic carbocycles. The van der Waals surface area contributed by atoms with Crippen molar-refractivity contribution in [3.63, 3.8) is 0 Å². The molecule has 0 bridgehead atoms. The molecule has 0 radical (unpaired) electrons. The summed E-state index contributed by atoms with van der Waals surface area (Å²) < 4.78 is 1.84. The van der Waals surface area contributed by atoms with E-state index < -0.39 is 0 Å². The SMILES string of the molecule is Cc1ccc(C[NH2+]Cc2cc3c(C(C)(C)C)nn(-c4ccccc4)c3[nH]c2=O)cc1. The number of aryl methyl sites for hydroxylation is 1. The van der Waals surface area contributed by atoms with Crippen LogP contribution in [0.5, 0.6) is 0 Å².